The van der Waals surface area contributed by atoms with Gasteiger partial charge in [0.25, 0.3) is 5.58 Å². The number of rotatable bonds is 1. The number of aromatic nitrogens is 14. The van der Waals surface area contributed by atoms with Crippen molar-refractivity contribution in [3.05, 3.63) is 199 Å². The molecule has 0 N–H and O–H groups in total. The van der Waals surface area contributed by atoms with Crippen LogP contribution in [-0.4, -0.2) is 49.0 Å². The van der Waals surface area contributed by atoms with E-state index in [4.69, 9.17) is 22.1 Å². The number of pyridine rings is 8. The third-order valence-electron chi connectivity index (χ3n) is 15.8. The summed E-state index contributed by atoms with van der Waals surface area (Å²) in [5, 5.41) is 4.05. The molecule has 4 aliphatic rings. The normalized spacial score (nSPS) is 12.9. The van der Waals surface area contributed by atoms with Crippen LogP contribution in [0.25, 0.3) is 140 Å². The van der Waals surface area contributed by atoms with Gasteiger partial charge in [-0.1, -0.05) is 30.3 Å². The van der Waals surface area contributed by atoms with Crippen LogP contribution < -0.4 is 18.3 Å². The molecule has 0 spiro atoms. The van der Waals surface area contributed by atoms with Crippen molar-refractivity contribution in [3.63, 3.8) is 0 Å². The van der Waals surface area contributed by atoms with Gasteiger partial charge in [-0.3, -0.25) is 0 Å². The van der Waals surface area contributed by atoms with E-state index in [2.05, 4.69) is 111 Å². The van der Waals surface area contributed by atoms with Gasteiger partial charge in [0.15, 0.2) is 35.9 Å². The molecule has 17 aromatic rings. The van der Waals surface area contributed by atoms with Crippen LogP contribution in [0.3, 0.4) is 0 Å². The quantitative estimate of drug-likeness (QED) is 0.141. The average molecular weight is 1110 g/mol. The molecule has 83 heavy (non-hydrogen) atoms. The Morgan fingerprint density at radius 3 is 1.49 bits per heavy atom. The van der Waals surface area contributed by atoms with Crippen LogP contribution in [0, 0.1) is 0 Å². The molecule has 19 nitrogen and oxygen atoms in total. The minimum atomic E-state index is 0.607. The summed E-state index contributed by atoms with van der Waals surface area (Å²) in [6, 6.07) is 42.3. The Bertz CT molecular complexity index is 5370. The van der Waals surface area contributed by atoms with Crippen molar-refractivity contribution in [2.24, 2.45) is 7.05 Å². The highest BCUT2D eigenvalue weighted by molar-refractivity contribution is 7.24. The van der Waals surface area contributed by atoms with Crippen molar-refractivity contribution < 1.29 is 40.4 Å². The smallest absolute Gasteiger partial charge is 0.412 e. The monoisotopic (exact) mass is 1100 g/mol. The van der Waals surface area contributed by atoms with Crippen LogP contribution in [0.5, 0.6) is 0 Å². The zero-order valence-corrected chi connectivity index (χ0v) is 44.6. The highest BCUT2D eigenvalue weighted by Gasteiger charge is 2.41. The summed E-state index contributed by atoms with van der Waals surface area (Å²) >= 11 is 1.67. The molecule has 0 radical (unpaired) electrons. The summed E-state index contributed by atoms with van der Waals surface area (Å²) in [5.41, 5.74) is 18.2. The van der Waals surface area contributed by atoms with Crippen molar-refractivity contribution in [2.75, 3.05) is 0 Å². The Kier molecular flexibility index (Phi) is 9.61. The Hall–Kier alpha value is -11.1. The predicted octanol–water partition coefficient (Wildman–Crippen LogP) is 10.6. The zero-order chi connectivity index (χ0) is 54.4. The summed E-state index contributed by atoms with van der Waals surface area (Å²) in [5.74, 6) is 3.28. The van der Waals surface area contributed by atoms with E-state index in [1.165, 1.54) is 16.7 Å². The molecule has 0 bridgehead atoms. The van der Waals surface area contributed by atoms with Gasteiger partial charge in [0.05, 0.1) is 39.7 Å². The molecule has 0 unspecified atom stereocenters. The SMILES string of the molecule is Cn1c2ncccc2c2oc3[n+](c21)Cc1cccnc1-3.c1ccc(-n2c3ncccc3c3oc4[n+](c32)Cc2cccnc2-4)cc1.c1cnc2c(c1)C[n+]1c-2oc2c3cccnc3oc21.c1cnc2c(c1)C[n+]1c-2oc2c3cccnc3sc21. The third kappa shape index (κ3) is 6.65. The van der Waals surface area contributed by atoms with Crippen LogP contribution in [0.2, 0.25) is 0 Å². The molecule has 0 saturated heterocycles. The predicted molar refractivity (Wildman–Crippen MR) is 305 cm³/mol. The van der Waals surface area contributed by atoms with Crippen LogP contribution in [0.4, 0.5) is 0 Å². The number of nitrogens with zero attached hydrogens (tertiary/aromatic N) is 14. The largest absolute Gasteiger partial charge is 0.423 e. The molecule has 1 aromatic carbocycles. The first-order valence-corrected chi connectivity index (χ1v) is 27.7. The van der Waals surface area contributed by atoms with Gasteiger partial charge in [-0.05, 0) is 108 Å². The first kappa shape index (κ1) is 45.7. The van der Waals surface area contributed by atoms with Crippen molar-refractivity contribution in [3.8, 4) is 52.0 Å². The molecule has 0 aliphatic carbocycles. The van der Waals surface area contributed by atoms with Gasteiger partial charge in [0.2, 0.25) is 33.8 Å². The van der Waals surface area contributed by atoms with Crippen LogP contribution in [0.1, 0.15) is 22.3 Å². The summed E-state index contributed by atoms with van der Waals surface area (Å²) in [6.07, 6.45) is 14.4. The number of para-hydroxylation sites is 1. The molecule has 16 aromatic heterocycles. The first-order chi connectivity index (χ1) is 41.1. The summed E-state index contributed by atoms with van der Waals surface area (Å²) in [7, 11) is 2.02. The van der Waals surface area contributed by atoms with E-state index >= 15 is 0 Å². The number of thiophene rings is 1. The number of aryl methyl sites for hydroxylation is 1. The lowest BCUT2D eigenvalue weighted by atomic mass is 10.2. The van der Waals surface area contributed by atoms with E-state index in [1.807, 2.05) is 121 Å². The molecular formula is C63H40N14O5S+4. The number of hydrogen-bond donors (Lipinski definition) is 0. The molecule has 0 fully saturated rings. The van der Waals surface area contributed by atoms with E-state index in [1.54, 1.807) is 29.9 Å². The summed E-state index contributed by atoms with van der Waals surface area (Å²) in [6.45, 7) is 3.12. The highest BCUT2D eigenvalue weighted by Crippen LogP contribution is 2.40. The molecular weight excluding hydrogens is 1060 g/mol. The standard InChI is InChI=1S/C20H13N4O.C15H11N4O.C14H8N3O2.C14H8N3OS/c1-2-7-14(8-3-1)24-18-15(9-5-11-22-18)17-19(24)23-12-13-6-4-10-21-16(13)20(23)25-17;1-18-13-10(5-3-7-17-13)12-14(18)19-8-9-4-2-6-16-11(9)15(19)20-12;2*1-3-8-7-17-13(10(8)15-5-1)18-11-9-4-2-6-16-12(9)19-14(11)17/h1-11H,12H2;2-7H,8H2,1H3;2*1-6H,7H2/q4*+1. The number of fused-ring (bicyclic) bond motifs is 28. The Balaban J connectivity index is 0.0000000851. The molecule has 4 aliphatic heterocycles. The lowest BCUT2D eigenvalue weighted by Crippen LogP contribution is -2.32. The van der Waals surface area contributed by atoms with Gasteiger partial charge < -0.3 is 22.1 Å². The topological polar surface area (TPSA) is 194 Å². The lowest BCUT2D eigenvalue weighted by Gasteiger charge is -1.99. The molecule has 0 saturated carbocycles. The second-order valence-electron chi connectivity index (χ2n) is 20.5. The van der Waals surface area contributed by atoms with Crippen molar-refractivity contribution in [2.45, 2.75) is 26.2 Å². The van der Waals surface area contributed by atoms with Crippen LogP contribution >= 0.6 is 11.3 Å². The van der Waals surface area contributed by atoms with Gasteiger partial charge in [0.1, 0.15) is 23.6 Å². The third-order valence-corrected chi connectivity index (χ3v) is 16.9. The number of oxazole rings is 4. The van der Waals surface area contributed by atoms with Crippen LogP contribution in [-0.2, 0) is 33.2 Å². The molecule has 21 rings (SSSR count). The van der Waals surface area contributed by atoms with Crippen molar-refractivity contribution >= 4 is 98.9 Å². The van der Waals surface area contributed by atoms with E-state index in [9.17, 15) is 0 Å². The van der Waals surface area contributed by atoms with E-state index in [-0.39, 0.29) is 0 Å². The molecule has 394 valence electrons. The second kappa shape index (κ2) is 17.4. The molecule has 0 amide bonds. The van der Waals surface area contributed by atoms with Gasteiger partial charge in [0, 0.05) is 60.7 Å². The van der Waals surface area contributed by atoms with Gasteiger partial charge >= 0.3 is 45.4 Å². The van der Waals surface area contributed by atoms with E-state index in [0.29, 0.717) is 5.71 Å². The average Bonchev–Trinajstić information content (AvgIpc) is 1.96. The Labute approximate surface area is 470 Å². The summed E-state index contributed by atoms with van der Waals surface area (Å²) < 4.78 is 43.0. The molecule has 0 atom stereocenters. The summed E-state index contributed by atoms with van der Waals surface area (Å²) in [4.78, 5) is 37.6. The lowest BCUT2D eigenvalue weighted by molar-refractivity contribution is -0.655. The number of hydrogen-bond acceptors (Lipinski definition) is 14. The van der Waals surface area contributed by atoms with Crippen molar-refractivity contribution in [1.29, 1.82) is 0 Å². The maximum atomic E-state index is 6.29. The number of furan rings is 1. The van der Waals surface area contributed by atoms with Gasteiger partial charge in [-0.25, -0.2) is 44.4 Å². The molecule has 20 heteroatoms. The van der Waals surface area contributed by atoms with Crippen LogP contribution in [0.15, 0.2) is 199 Å². The fourth-order valence-electron chi connectivity index (χ4n) is 12.2. The highest BCUT2D eigenvalue weighted by atomic mass is 32.1. The maximum absolute atomic E-state index is 6.29. The van der Waals surface area contributed by atoms with Crippen molar-refractivity contribution in [1.82, 2.24) is 49.0 Å². The minimum absolute atomic E-state index is 0.607. The fourth-order valence-corrected chi connectivity index (χ4v) is 13.3. The molecule has 20 heterocycles. The van der Waals surface area contributed by atoms with E-state index < -0.39 is 0 Å². The van der Waals surface area contributed by atoms with E-state index in [0.717, 1.165) is 166 Å². The fraction of sp³-hybridized carbons (Fsp3) is 0.0794. The zero-order valence-electron chi connectivity index (χ0n) is 43.8. The Morgan fingerprint density at radius 2 is 0.843 bits per heavy atom. The Morgan fingerprint density at radius 1 is 0.386 bits per heavy atom. The second-order valence-corrected chi connectivity index (χ2v) is 21.5. The van der Waals surface area contributed by atoms with Gasteiger partial charge in [-0.2, -0.15) is 13.7 Å². The minimum Gasteiger partial charge on any atom is -0.412 e. The maximum Gasteiger partial charge on any atom is 0.423 e. The number of benzene rings is 1. The van der Waals surface area contributed by atoms with Gasteiger partial charge in [-0.15, -0.1) is 9.13 Å². The first-order valence-electron chi connectivity index (χ1n) is 26.9.